The molecule has 5 rings (SSSR count). The molecule has 0 aliphatic heterocycles. The van der Waals surface area contributed by atoms with E-state index in [1.807, 2.05) is 60.7 Å². The molecule has 1 fully saturated rings. The summed E-state index contributed by atoms with van der Waals surface area (Å²) < 4.78 is 5.93. The number of pyridine rings is 1. The van der Waals surface area contributed by atoms with Crippen LogP contribution in [0.2, 0.25) is 0 Å². The minimum absolute atomic E-state index is 0.122. The standard InChI is InChI=1S/C31H32N6O2/c32-19-26(22-11-15-25(16-12-22)39-24-6-2-1-3-7-24)29-28(35-20-36-30(29)33)18-21-9-13-23(14-10-21)37-31(38)27-8-4-5-17-34-27/h1-8,11-12,15-17,19-21,23H,9-10,13-14,18,32H2,(H,37,38)(H2,33,35,36)/b26-19-. The topological polar surface area (TPSA) is 129 Å². The molecule has 0 saturated heterocycles. The molecule has 0 spiro atoms. The predicted molar refractivity (Wildman–Crippen MR) is 152 cm³/mol. The van der Waals surface area contributed by atoms with Gasteiger partial charge in [0.25, 0.3) is 5.91 Å². The van der Waals surface area contributed by atoms with Gasteiger partial charge in [-0.05, 0) is 80.0 Å². The van der Waals surface area contributed by atoms with Gasteiger partial charge in [0, 0.05) is 29.6 Å². The molecule has 0 unspecified atom stereocenters. The summed E-state index contributed by atoms with van der Waals surface area (Å²) in [6.45, 7) is 0. The highest BCUT2D eigenvalue weighted by molar-refractivity contribution is 5.92. The highest BCUT2D eigenvalue weighted by atomic mass is 16.5. The van der Waals surface area contributed by atoms with Crippen LogP contribution in [0.15, 0.2) is 91.5 Å². The number of nitrogen functional groups attached to an aromatic ring is 1. The molecule has 1 aliphatic rings. The molecule has 8 heteroatoms. The molecule has 1 saturated carbocycles. The number of nitrogens with one attached hydrogen (secondary N) is 1. The van der Waals surface area contributed by atoms with Gasteiger partial charge < -0.3 is 21.5 Å². The maximum atomic E-state index is 12.5. The zero-order valence-corrected chi connectivity index (χ0v) is 21.7. The first kappa shape index (κ1) is 25.9. The van der Waals surface area contributed by atoms with Gasteiger partial charge in [-0.1, -0.05) is 36.4 Å². The molecule has 8 nitrogen and oxygen atoms in total. The fourth-order valence-corrected chi connectivity index (χ4v) is 5.08. The zero-order chi connectivity index (χ0) is 27.0. The molecular formula is C31H32N6O2. The van der Waals surface area contributed by atoms with Gasteiger partial charge in [-0.3, -0.25) is 9.78 Å². The third-order valence-electron chi connectivity index (χ3n) is 7.10. The Balaban J connectivity index is 1.25. The number of ether oxygens (including phenoxy) is 1. The van der Waals surface area contributed by atoms with Crippen LogP contribution < -0.4 is 21.5 Å². The molecule has 1 amide bonds. The number of amides is 1. The molecule has 0 radical (unpaired) electrons. The average molecular weight is 521 g/mol. The Labute approximate surface area is 228 Å². The molecule has 39 heavy (non-hydrogen) atoms. The molecule has 0 bridgehead atoms. The van der Waals surface area contributed by atoms with Gasteiger partial charge in [0.2, 0.25) is 0 Å². The Kier molecular flexibility index (Phi) is 8.12. The molecule has 4 aromatic rings. The second-order valence-electron chi connectivity index (χ2n) is 9.71. The van der Waals surface area contributed by atoms with E-state index in [9.17, 15) is 4.79 Å². The number of carbonyl (C=O) groups excluding carboxylic acids is 1. The van der Waals surface area contributed by atoms with E-state index in [4.69, 9.17) is 16.2 Å². The Hall–Kier alpha value is -4.72. The van der Waals surface area contributed by atoms with Crippen LogP contribution >= 0.6 is 0 Å². The van der Waals surface area contributed by atoms with E-state index in [0.717, 1.165) is 66.0 Å². The summed E-state index contributed by atoms with van der Waals surface area (Å²) in [5.74, 6) is 2.20. The van der Waals surface area contributed by atoms with Gasteiger partial charge in [0.15, 0.2) is 0 Å². The zero-order valence-electron chi connectivity index (χ0n) is 21.7. The van der Waals surface area contributed by atoms with Crippen molar-refractivity contribution in [2.45, 2.75) is 38.1 Å². The quantitative estimate of drug-likeness (QED) is 0.294. The Bertz CT molecular complexity index is 1420. The van der Waals surface area contributed by atoms with Crippen molar-refractivity contribution in [2.24, 2.45) is 11.7 Å². The lowest BCUT2D eigenvalue weighted by Crippen LogP contribution is -2.38. The van der Waals surface area contributed by atoms with Gasteiger partial charge >= 0.3 is 0 Å². The number of nitrogens with two attached hydrogens (primary N) is 2. The fraction of sp³-hybridized carbons (Fsp3) is 0.226. The first-order valence-corrected chi connectivity index (χ1v) is 13.2. The van der Waals surface area contributed by atoms with Gasteiger partial charge in [0.1, 0.15) is 29.3 Å². The highest BCUT2D eigenvalue weighted by Crippen LogP contribution is 2.34. The van der Waals surface area contributed by atoms with Crippen LogP contribution in [0.5, 0.6) is 11.5 Å². The number of aromatic nitrogens is 3. The number of benzene rings is 2. The molecule has 2 heterocycles. The van der Waals surface area contributed by atoms with Crippen molar-refractivity contribution in [3.8, 4) is 11.5 Å². The first-order valence-electron chi connectivity index (χ1n) is 13.2. The largest absolute Gasteiger partial charge is 0.457 e. The van der Waals surface area contributed by atoms with E-state index >= 15 is 0 Å². The van der Waals surface area contributed by atoms with Gasteiger partial charge in [-0.2, -0.15) is 0 Å². The minimum atomic E-state index is -0.122. The van der Waals surface area contributed by atoms with Crippen LogP contribution in [-0.2, 0) is 6.42 Å². The Morgan fingerprint density at radius 2 is 1.62 bits per heavy atom. The van der Waals surface area contributed by atoms with Crippen molar-refractivity contribution in [3.05, 3.63) is 114 Å². The van der Waals surface area contributed by atoms with Crippen molar-refractivity contribution < 1.29 is 9.53 Å². The smallest absolute Gasteiger partial charge is 0.270 e. The van der Waals surface area contributed by atoms with Crippen molar-refractivity contribution in [3.63, 3.8) is 0 Å². The summed E-state index contributed by atoms with van der Waals surface area (Å²) in [7, 11) is 0. The van der Waals surface area contributed by atoms with E-state index in [0.29, 0.717) is 17.4 Å². The summed E-state index contributed by atoms with van der Waals surface area (Å²) in [5, 5.41) is 3.13. The summed E-state index contributed by atoms with van der Waals surface area (Å²) in [4.78, 5) is 25.5. The van der Waals surface area contributed by atoms with Crippen molar-refractivity contribution in [2.75, 3.05) is 5.73 Å². The SMILES string of the molecule is N/C=C(/c1ccc(Oc2ccccc2)cc1)c1c(N)ncnc1CC1CCC(NC(=O)c2ccccn2)CC1. The van der Waals surface area contributed by atoms with Crippen molar-refractivity contribution in [1.82, 2.24) is 20.3 Å². The van der Waals surface area contributed by atoms with Crippen LogP contribution in [0.3, 0.4) is 0 Å². The van der Waals surface area contributed by atoms with Gasteiger partial charge in [-0.15, -0.1) is 0 Å². The summed E-state index contributed by atoms with van der Waals surface area (Å²) >= 11 is 0. The lowest BCUT2D eigenvalue weighted by molar-refractivity contribution is 0.0916. The molecule has 2 aromatic heterocycles. The normalized spacial score (nSPS) is 17.4. The molecule has 2 aromatic carbocycles. The van der Waals surface area contributed by atoms with Crippen molar-refractivity contribution >= 4 is 17.3 Å². The average Bonchev–Trinajstić information content (AvgIpc) is 2.97. The summed E-state index contributed by atoms with van der Waals surface area (Å²) in [5.41, 5.74) is 16.3. The second kappa shape index (κ2) is 12.2. The fourth-order valence-electron chi connectivity index (χ4n) is 5.08. The van der Waals surface area contributed by atoms with Crippen LogP contribution in [0.1, 0.15) is 53.0 Å². The second-order valence-corrected chi connectivity index (χ2v) is 9.71. The van der Waals surface area contributed by atoms with E-state index in [2.05, 4.69) is 20.3 Å². The van der Waals surface area contributed by atoms with E-state index in [-0.39, 0.29) is 11.9 Å². The highest BCUT2D eigenvalue weighted by Gasteiger charge is 2.26. The van der Waals surface area contributed by atoms with E-state index in [1.165, 1.54) is 6.33 Å². The first-order chi connectivity index (χ1) is 19.1. The third kappa shape index (κ3) is 6.41. The van der Waals surface area contributed by atoms with Crippen LogP contribution in [0, 0.1) is 5.92 Å². The van der Waals surface area contributed by atoms with Crippen LogP contribution in [0.25, 0.3) is 5.57 Å². The van der Waals surface area contributed by atoms with E-state index < -0.39 is 0 Å². The number of anilines is 1. The lowest BCUT2D eigenvalue weighted by atomic mass is 9.82. The Morgan fingerprint density at radius 3 is 2.31 bits per heavy atom. The van der Waals surface area contributed by atoms with Crippen LogP contribution in [0.4, 0.5) is 5.82 Å². The summed E-state index contributed by atoms with van der Waals surface area (Å²) in [6.07, 6.45) is 9.23. The number of nitrogens with zero attached hydrogens (tertiary/aromatic N) is 3. The minimum Gasteiger partial charge on any atom is -0.457 e. The Morgan fingerprint density at radius 1 is 0.897 bits per heavy atom. The molecule has 5 N–H and O–H groups in total. The maximum Gasteiger partial charge on any atom is 0.270 e. The number of para-hydroxylation sites is 1. The number of carbonyl (C=O) groups is 1. The maximum absolute atomic E-state index is 12.5. The molecule has 1 aliphatic carbocycles. The van der Waals surface area contributed by atoms with Crippen molar-refractivity contribution in [1.29, 1.82) is 0 Å². The number of hydrogen-bond donors (Lipinski definition) is 3. The molecule has 198 valence electrons. The van der Waals surface area contributed by atoms with Gasteiger partial charge in [0.05, 0.1) is 5.69 Å². The molecular weight excluding hydrogens is 488 g/mol. The molecule has 0 atom stereocenters. The number of rotatable bonds is 8. The monoisotopic (exact) mass is 520 g/mol. The van der Waals surface area contributed by atoms with Crippen LogP contribution in [-0.4, -0.2) is 26.9 Å². The van der Waals surface area contributed by atoms with Gasteiger partial charge in [-0.25, -0.2) is 9.97 Å². The summed E-state index contributed by atoms with van der Waals surface area (Å²) in [6, 6.07) is 22.9. The third-order valence-corrected chi connectivity index (χ3v) is 7.10. The predicted octanol–water partition coefficient (Wildman–Crippen LogP) is 5.13. The lowest BCUT2D eigenvalue weighted by Gasteiger charge is -2.29. The number of hydrogen-bond acceptors (Lipinski definition) is 7. The van der Waals surface area contributed by atoms with E-state index in [1.54, 1.807) is 24.5 Å².